The third kappa shape index (κ3) is 4.53. The number of ketones is 1. The Morgan fingerprint density at radius 1 is 0.949 bits per heavy atom. The highest BCUT2D eigenvalue weighted by molar-refractivity contribution is 7.17. The Hall–Kier alpha value is -4.21. The van der Waals surface area contributed by atoms with Crippen LogP contribution >= 0.6 is 11.3 Å². The largest absolute Gasteiger partial charge is 0.353 e. The lowest BCUT2D eigenvalue weighted by Gasteiger charge is -2.26. The Morgan fingerprint density at radius 3 is 2.67 bits per heavy atom. The Bertz CT molecular complexity index is 1830. The van der Waals surface area contributed by atoms with Gasteiger partial charge in [-0.3, -0.25) is 29.7 Å². The first-order valence-electron chi connectivity index (χ1n) is 13.2. The van der Waals surface area contributed by atoms with Gasteiger partial charge in [-0.15, -0.1) is 11.3 Å². The van der Waals surface area contributed by atoms with Crippen molar-refractivity contribution in [3.05, 3.63) is 71.6 Å². The molecule has 9 heteroatoms. The molecule has 39 heavy (non-hydrogen) atoms. The SMILES string of the molecule is CC(=O)c1ccc(-c2nccc3[nH]c(-c4n[nH]c5cnc(-c6cncc(CN7CCCCC7)c6)cc45)cc23)s1. The molecule has 0 aliphatic carbocycles. The van der Waals surface area contributed by atoms with E-state index in [0.717, 1.165) is 79.5 Å². The van der Waals surface area contributed by atoms with Gasteiger partial charge in [-0.1, -0.05) is 6.42 Å². The molecule has 0 unspecified atom stereocenters. The number of H-pyrrole nitrogens is 2. The van der Waals surface area contributed by atoms with Crippen LogP contribution in [0.25, 0.3) is 55.0 Å². The van der Waals surface area contributed by atoms with Gasteiger partial charge in [0.25, 0.3) is 0 Å². The summed E-state index contributed by atoms with van der Waals surface area (Å²) in [6, 6.07) is 12.2. The Balaban J connectivity index is 1.25. The molecule has 7 rings (SSSR count). The van der Waals surface area contributed by atoms with E-state index in [1.54, 1.807) is 13.1 Å². The third-order valence-corrected chi connectivity index (χ3v) is 8.58. The van der Waals surface area contributed by atoms with Crippen LogP contribution in [0.15, 0.2) is 61.2 Å². The van der Waals surface area contributed by atoms with Crippen molar-refractivity contribution >= 4 is 38.9 Å². The van der Waals surface area contributed by atoms with Gasteiger partial charge in [-0.2, -0.15) is 5.10 Å². The summed E-state index contributed by atoms with van der Waals surface area (Å²) in [5.41, 5.74) is 7.48. The van der Waals surface area contributed by atoms with Crippen LogP contribution in [0.4, 0.5) is 0 Å². The van der Waals surface area contributed by atoms with E-state index >= 15 is 0 Å². The molecule has 0 spiro atoms. The van der Waals surface area contributed by atoms with Gasteiger partial charge in [0.1, 0.15) is 5.69 Å². The number of hydrogen-bond donors (Lipinski definition) is 2. The van der Waals surface area contributed by atoms with Crippen molar-refractivity contribution in [2.24, 2.45) is 0 Å². The van der Waals surface area contributed by atoms with Crippen molar-refractivity contribution in [1.29, 1.82) is 0 Å². The smallest absolute Gasteiger partial charge is 0.169 e. The fraction of sp³-hybridized carbons (Fsp3) is 0.233. The maximum absolute atomic E-state index is 11.8. The molecule has 7 heterocycles. The van der Waals surface area contributed by atoms with Crippen molar-refractivity contribution in [3.63, 3.8) is 0 Å². The zero-order valence-electron chi connectivity index (χ0n) is 21.6. The van der Waals surface area contributed by atoms with Crippen LogP contribution in [0.2, 0.25) is 0 Å². The number of piperidine rings is 1. The number of likely N-dealkylation sites (tertiary alicyclic amines) is 1. The van der Waals surface area contributed by atoms with E-state index in [0.29, 0.717) is 0 Å². The normalized spacial score (nSPS) is 14.4. The molecule has 6 aromatic rings. The van der Waals surface area contributed by atoms with Crippen LogP contribution in [0.3, 0.4) is 0 Å². The van der Waals surface area contributed by atoms with Crippen molar-refractivity contribution in [2.75, 3.05) is 13.1 Å². The first-order valence-corrected chi connectivity index (χ1v) is 14.0. The summed E-state index contributed by atoms with van der Waals surface area (Å²) in [5.74, 6) is 0.0628. The predicted octanol–water partition coefficient (Wildman–Crippen LogP) is 6.48. The highest BCUT2D eigenvalue weighted by atomic mass is 32.1. The number of hydrogen-bond acceptors (Lipinski definition) is 7. The molecule has 2 N–H and O–H groups in total. The number of aromatic amines is 2. The summed E-state index contributed by atoms with van der Waals surface area (Å²) in [5, 5.41) is 9.74. The standard InChI is InChI=1S/C30H27N7OS/c1-18(38)27-5-6-28(39-27)30-21-13-25(34-23(21)7-8-32-30)29-22-12-24(33-16-26(22)35-36-29)20-11-19(14-31-15-20)17-37-9-3-2-4-10-37/h5-8,11-16,34H,2-4,9-10,17H2,1H3,(H,35,36). The zero-order chi connectivity index (χ0) is 26.3. The number of nitrogens with zero attached hydrogens (tertiary/aromatic N) is 5. The molecule has 1 aliphatic heterocycles. The summed E-state index contributed by atoms with van der Waals surface area (Å²) >= 11 is 1.46. The van der Waals surface area contributed by atoms with Gasteiger partial charge in [0.2, 0.25) is 0 Å². The van der Waals surface area contributed by atoms with E-state index in [4.69, 9.17) is 4.98 Å². The summed E-state index contributed by atoms with van der Waals surface area (Å²) in [6.07, 6.45) is 11.3. The summed E-state index contributed by atoms with van der Waals surface area (Å²) in [7, 11) is 0. The fourth-order valence-corrected chi connectivity index (χ4v) is 6.31. The van der Waals surface area contributed by atoms with Gasteiger partial charge in [0.05, 0.1) is 38.5 Å². The van der Waals surface area contributed by atoms with Crippen molar-refractivity contribution in [3.8, 4) is 33.2 Å². The van der Waals surface area contributed by atoms with Crippen LogP contribution in [0.1, 0.15) is 41.4 Å². The molecule has 194 valence electrons. The van der Waals surface area contributed by atoms with Gasteiger partial charge >= 0.3 is 0 Å². The third-order valence-electron chi connectivity index (χ3n) is 7.38. The minimum Gasteiger partial charge on any atom is -0.353 e. The molecule has 0 atom stereocenters. The van der Waals surface area contributed by atoms with E-state index in [1.807, 2.05) is 36.8 Å². The average molecular weight is 534 g/mol. The fourth-order valence-electron chi connectivity index (χ4n) is 5.40. The lowest BCUT2D eigenvalue weighted by molar-refractivity contribution is 0.102. The molecule has 6 aromatic heterocycles. The molecular formula is C30H27N7OS. The van der Waals surface area contributed by atoms with Crippen LogP contribution in [0, 0.1) is 0 Å². The number of carbonyl (C=O) groups is 1. The van der Waals surface area contributed by atoms with Gasteiger partial charge < -0.3 is 4.98 Å². The average Bonchev–Trinajstić information content (AvgIpc) is 3.71. The van der Waals surface area contributed by atoms with Gasteiger partial charge in [-0.05, 0) is 74.8 Å². The highest BCUT2D eigenvalue weighted by Gasteiger charge is 2.17. The second kappa shape index (κ2) is 9.83. The van der Waals surface area contributed by atoms with Crippen LogP contribution in [-0.4, -0.2) is 53.9 Å². The van der Waals surface area contributed by atoms with Crippen LogP contribution < -0.4 is 0 Å². The molecule has 1 aliphatic rings. The quantitative estimate of drug-likeness (QED) is 0.238. The first-order chi connectivity index (χ1) is 19.1. The number of thiophene rings is 1. The lowest BCUT2D eigenvalue weighted by Crippen LogP contribution is -2.29. The van der Waals surface area contributed by atoms with Crippen LogP contribution in [0.5, 0.6) is 0 Å². The topological polar surface area (TPSA) is 103 Å². The number of nitrogens with one attached hydrogen (secondary N) is 2. The maximum atomic E-state index is 11.8. The van der Waals surface area contributed by atoms with E-state index in [1.165, 1.54) is 36.2 Å². The minimum atomic E-state index is 0.0628. The van der Waals surface area contributed by atoms with Gasteiger partial charge in [0, 0.05) is 47.0 Å². The number of aromatic nitrogens is 6. The second-order valence-electron chi connectivity index (χ2n) is 10.1. The molecule has 8 nitrogen and oxygen atoms in total. The number of Topliss-reactive ketones (excluding diaryl/α,β-unsaturated/α-hetero) is 1. The molecular weight excluding hydrogens is 506 g/mol. The molecule has 1 fully saturated rings. The van der Waals surface area contributed by atoms with Crippen molar-refractivity contribution in [1.82, 2.24) is 35.0 Å². The Morgan fingerprint density at radius 2 is 1.82 bits per heavy atom. The Labute approximate surface area is 229 Å². The number of fused-ring (bicyclic) bond motifs is 2. The van der Waals surface area contributed by atoms with Gasteiger partial charge in [-0.25, -0.2) is 0 Å². The summed E-state index contributed by atoms with van der Waals surface area (Å²) < 4.78 is 0. The van der Waals surface area contributed by atoms with E-state index in [9.17, 15) is 4.79 Å². The summed E-state index contributed by atoms with van der Waals surface area (Å²) in [6.45, 7) is 4.81. The van der Waals surface area contributed by atoms with Gasteiger partial charge in [0.15, 0.2) is 5.78 Å². The van der Waals surface area contributed by atoms with Crippen molar-refractivity contribution in [2.45, 2.75) is 32.7 Å². The highest BCUT2D eigenvalue weighted by Crippen LogP contribution is 2.36. The summed E-state index contributed by atoms with van der Waals surface area (Å²) in [4.78, 5) is 33.4. The molecule has 0 aromatic carbocycles. The molecule has 0 radical (unpaired) electrons. The molecule has 0 amide bonds. The first kappa shape index (κ1) is 23.9. The molecule has 0 bridgehead atoms. The van der Waals surface area contributed by atoms with E-state index < -0.39 is 0 Å². The van der Waals surface area contributed by atoms with E-state index in [2.05, 4.69) is 48.2 Å². The monoisotopic (exact) mass is 533 g/mol. The lowest BCUT2D eigenvalue weighted by atomic mass is 10.1. The molecule has 0 saturated carbocycles. The molecule has 1 saturated heterocycles. The Kier molecular flexibility index (Phi) is 6.02. The minimum absolute atomic E-state index is 0.0628. The number of carbonyl (C=O) groups excluding carboxylic acids is 1. The number of pyridine rings is 3. The number of rotatable bonds is 6. The van der Waals surface area contributed by atoms with Crippen molar-refractivity contribution < 1.29 is 4.79 Å². The van der Waals surface area contributed by atoms with Crippen LogP contribution in [-0.2, 0) is 6.54 Å². The zero-order valence-corrected chi connectivity index (χ0v) is 22.4. The second-order valence-corrected chi connectivity index (χ2v) is 11.2. The van der Waals surface area contributed by atoms with E-state index in [-0.39, 0.29) is 5.78 Å². The predicted molar refractivity (Wildman–Crippen MR) is 155 cm³/mol. The maximum Gasteiger partial charge on any atom is 0.169 e.